The van der Waals surface area contributed by atoms with E-state index in [2.05, 4.69) is 20.9 Å². The summed E-state index contributed by atoms with van der Waals surface area (Å²) < 4.78 is 10.8. The summed E-state index contributed by atoms with van der Waals surface area (Å²) in [4.78, 5) is 15.7. The molecule has 1 aromatic carbocycles. The molecule has 1 aliphatic carbocycles. The van der Waals surface area contributed by atoms with Gasteiger partial charge in [-0.1, -0.05) is 0 Å². The summed E-state index contributed by atoms with van der Waals surface area (Å²) in [6.45, 7) is 3.69. The van der Waals surface area contributed by atoms with E-state index in [1.54, 1.807) is 14.2 Å². The van der Waals surface area contributed by atoms with Gasteiger partial charge < -0.3 is 25.4 Å². The number of hydrogen-bond acceptors (Lipinski definition) is 4. The van der Waals surface area contributed by atoms with Crippen LogP contribution in [-0.4, -0.2) is 45.7 Å². The molecule has 3 N–H and O–H groups in total. The van der Waals surface area contributed by atoms with Gasteiger partial charge in [-0.05, 0) is 31.9 Å². The fourth-order valence-corrected chi connectivity index (χ4v) is 2.19. The van der Waals surface area contributed by atoms with Crippen LogP contribution in [0.2, 0.25) is 0 Å². The van der Waals surface area contributed by atoms with Crippen molar-refractivity contribution in [1.29, 1.82) is 0 Å². The minimum Gasteiger partial charge on any atom is -0.493 e. The monoisotopic (exact) mass is 334 g/mol. The van der Waals surface area contributed by atoms with Gasteiger partial charge in [-0.3, -0.25) is 9.79 Å². The van der Waals surface area contributed by atoms with Gasteiger partial charge >= 0.3 is 0 Å². The van der Waals surface area contributed by atoms with Crippen molar-refractivity contribution >= 4 is 17.6 Å². The summed E-state index contributed by atoms with van der Waals surface area (Å²) in [7, 11) is 3.31. The molecule has 0 spiro atoms. The highest BCUT2D eigenvalue weighted by Crippen LogP contribution is 2.30. The van der Waals surface area contributed by atoms with Crippen LogP contribution < -0.4 is 25.4 Å². The molecule has 1 saturated carbocycles. The molecule has 0 aliphatic heterocycles. The summed E-state index contributed by atoms with van der Waals surface area (Å²) in [5.74, 6) is 2.38. The van der Waals surface area contributed by atoms with Crippen molar-refractivity contribution in [1.82, 2.24) is 10.6 Å². The van der Waals surface area contributed by atoms with E-state index in [0.717, 1.165) is 18.5 Å². The molecular weight excluding hydrogens is 308 g/mol. The molecule has 0 atom stereocenters. The molecule has 7 nitrogen and oxygen atoms in total. The molecular formula is C17H26N4O3. The van der Waals surface area contributed by atoms with Gasteiger partial charge in [0.2, 0.25) is 5.91 Å². The summed E-state index contributed by atoms with van der Waals surface area (Å²) in [5, 5.41) is 9.26. The molecule has 1 aliphatic rings. The first-order valence-electron chi connectivity index (χ1n) is 8.24. The molecule has 24 heavy (non-hydrogen) atoms. The summed E-state index contributed by atoms with van der Waals surface area (Å²) in [6, 6.07) is 5.61. The van der Waals surface area contributed by atoms with Crippen molar-refractivity contribution in [2.24, 2.45) is 10.9 Å². The number of nitrogens with one attached hydrogen (secondary N) is 3. The van der Waals surface area contributed by atoms with E-state index in [1.165, 1.54) is 0 Å². The molecule has 0 saturated heterocycles. The van der Waals surface area contributed by atoms with Gasteiger partial charge in [0, 0.05) is 37.8 Å². The topological polar surface area (TPSA) is 84.0 Å². The van der Waals surface area contributed by atoms with E-state index in [1.807, 2.05) is 25.1 Å². The maximum atomic E-state index is 11.6. The maximum Gasteiger partial charge on any atom is 0.223 e. The fraction of sp³-hybridized carbons (Fsp3) is 0.529. The smallest absolute Gasteiger partial charge is 0.223 e. The molecule has 0 unspecified atom stereocenters. The van der Waals surface area contributed by atoms with Gasteiger partial charge in [0.25, 0.3) is 0 Å². The van der Waals surface area contributed by atoms with E-state index in [4.69, 9.17) is 9.47 Å². The molecule has 1 fully saturated rings. The number of rotatable bonds is 8. The van der Waals surface area contributed by atoms with Crippen LogP contribution in [-0.2, 0) is 4.79 Å². The number of ether oxygens (including phenoxy) is 2. The van der Waals surface area contributed by atoms with Crippen molar-refractivity contribution < 1.29 is 14.3 Å². The number of benzene rings is 1. The molecule has 1 aromatic rings. The van der Waals surface area contributed by atoms with E-state index in [9.17, 15) is 4.79 Å². The Morgan fingerprint density at radius 1 is 1.25 bits per heavy atom. The molecule has 0 radical (unpaired) electrons. The van der Waals surface area contributed by atoms with Gasteiger partial charge in [-0.15, -0.1) is 0 Å². The van der Waals surface area contributed by atoms with Crippen LogP contribution in [0.5, 0.6) is 11.5 Å². The zero-order valence-electron chi connectivity index (χ0n) is 14.5. The Morgan fingerprint density at radius 3 is 2.62 bits per heavy atom. The molecule has 1 amide bonds. The van der Waals surface area contributed by atoms with Crippen molar-refractivity contribution in [2.75, 3.05) is 39.2 Å². The predicted octanol–water partition coefficient (Wildman–Crippen LogP) is 1.61. The standard InChI is InChI=1S/C17H26N4O3/c1-4-24-14-8-7-13(11-15(14)23-3)21-17(18-2)20-10-9-19-16(22)12-5-6-12/h7-8,11-12H,4-6,9-10H2,1-3H3,(H,19,22)(H2,18,20,21). The third kappa shape index (κ3) is 5.33. The van der Waals surface area contributed by atoms with Crippen LogP contribution in [0, 0.1) is 5.92 Å². The fourth-order valence-electron chi connectivity index (χ4n) is 2.19. The Kier molecular flexibility index (Phi) is 6.72. The van der Waals surface area contributed by atoms with Crippen LogP contribution >= 0.6 is 0 Å². The minimum absolute atomic E-state index is 0.149. The van der Waals surface area contributed by atoms with Crippen molar-refractivity contribution in [2.45, 2.75) is 19.8 Å². The third-order valence-corrected chi connectivity index (χ3v) is 3.61. The second-order valence-corrected chi connectivity index (χ2v) is 5.49. The highest BCUT2D eigenvalue weighted by molar-refractivity contribution is 5.93. The van der Waals surface area contributed by atoms with Gasteiger partial charge in [-0.25, -0.2) is 0 Å². The number of nitrogens with zero attached hydrogens (tertiary/aromatic N) is 1. The zero-order chi connectivity index (χ0) is 17.4. The molecule has 0 heterocycles. The van der Waals surface area contributed by atoms with Crippen LogP contribution in [0.1, 0.15) is 19.8 Å². The second-order valence-electron chi connectivity index (χ2n) is 5.49. The molecule has 7 heteroatoms. The van der Waals surface area contributed by atoms with Gasteiger partial charge in [0.15, 0.2) is 17.5 Å². The van der Waals surface area contributed by atoms with Crippen molar-refractivity contribution in [3.05, 3.63) is 18.2 Å². The first kappa shape index (κ1) is 17.9. The van der Waals surface area contributed by atoms with E-state index in [-0.39, 0.29) is 11.8 Å². The second kappa shape index (κ2) is 9.00. The Morgan fingerprint density at radius 2 is 2.00 bits per heavy atom. The number of hydrogen-bond donors (Lipinski definition) is 3. The number of methoxy groups -OCH3 is 1. The van der Waals surface area contributed by atoms with Crippen molar-refractivity contribution in [3.8, 4) is 11.5 Å². The van der Waals surface area contributed by atoms with Gasteiger partial charge in [-0.2, -0.15) is 0 Å². The van der Waals surface area contributed by atoms with Crippen LogP contribution in [0.4, 0.5) is 5.69 Å². The van der Waals surface area contributed by atoms with Crippen LogP contribution in [0.25, 0.3) is 0 Å². The Hall–Kier alpha value is -2.44. The average Bonchev–Trinajstić information content (AvgIpc) is 3.43. The molecule has 132 valence electrons. The summed E-state index contributed by atoms with van der Waals surface area (Å²) in [6.07, 6.45) is 2.03. The number of guanidine groups is 1. The number of aliphatic imine (C=N–C) groups is 1. The SMILES string of the molecule is CCOc1ccc(NC(=NC)NCCNC(=O)C2CC2)cc1OC. The number of amides is 1. The molecule has 0 aromatic heterocycles. The first-order chi connectivity index (χ1) is 11.7. The number of carbonyl (C=O) groups is 1. The van der Waals surface area contributed by atoms with Gasteiger partial charge in [0.1, 0.15) is 0 Å². The number of anilines is 1. The summed E-state index contributed by atoms with van der Waals surface area (Å²) in [5.41, 5.74) is 0.838. The maximum absolute atomic E-state index is 11.6. The van der Waals surface area contributed by atoms with E-state index in [0.29, 0.717) is 37.2 Å². The average molecular weight is 334 g/mol. The Labute approximate surface area is 142 Å². The van der Waals surface area contributed by atoms with E-state index < -0.39 is 0 Å². The first-order valence-corrected chi connectivity index (χ1v) is 8.24. The highest BCUT2D eigenvalue weighted by Gasteiger charge is 2.28. The quantitative estimate of drug-likeness (QED) is 0.382. The Bertz CT molecular complexity index is 585. The predicted molar refractivity (Wildman–Crippen MR) is 94.9 cm³/mol. The highest BCUT2D eigenvalue weighted by atomic mass is 16.5. The molecule has 0 bridgehead atoms. The van der Waals surface area contributed by atoms with Crippen LogP contribution in [0.3, 0.4) is 0 Å². The van der Waals surface area contributed by atoms with Crippen LogP contribution in [0.15, 0.2) is 23.2 Å². The van der Waals surface area contributed by atoms with E-state index >= 15 is 0 Å². The Balaban J connectivity index is 1.82. The van der Waals surface area contributed by atoms with Crippen molar-refractivity contribution in [3.63, 3.8) is 0 Å². The number of carbonyl (C=O) groups excluding carboxylic acids is 1. The largest absolute Gasteiger partial charge is 0.493 e. The summed E-state index contributed by atoms with van der Waals surface area (Å²) >= 11 is 0. The lowest BCUT2D eigenvalue weighted by atomic mass is 10.2. The minimum atomic E-state index is 0.149. The lowest BCUT2D eigenvalue weighted by Gasteiger charge is -2.14. The lowest BCUT2D eigenvalue weighted by Crippen LogP contribution is -2.38. The third-order valence-electron chi connectivity index (χ3n) is 3.61. The lowest BCUT2D eigenvalue weighted by molar-refractivity contribution is -0.122. The zero-order valence-corrected chi connectivity index (χ0v) is 14.5. The van der Waals surface area contributed by atoms with Gasteiger partial charge in [0.05, 0.1) is 13.7 Å². The normalized spacial score (nSPS) is 14.0. The molecule has 2 rings (SSSR count).